The highest BCUT2D eigenvalue weighted by molar-refractivity contribution is 5.41. The van der Waals surface area contributed by atoms with E-state index in [0.717, 1.165) is 42.4 Å². The van der Waals surface area contributed by atoms with Crippen LogP contribution in [0.25, 0.3) is 0 Å². The molecule has 2 nitrogen and oxygen atoms in total. The van der Waals surface area contributed by atoms with E-state index >= 15 is 0 Å². The summed E-state index contributed by atoms with van der Waals surface area (Å²) in [5.74, 6) is -0.331. The number of benzene rings is 2. The lowest BCUT2D eigenvalue weighted by Crippen LogP contribution is -2.21. The van der Waals surface area contributed by atoms with Gasteiger partial charge >= 0.3 is 0 Å². The number of nitrogens with zero attached hydrogens (tertiary/aromatic N) is 1. The zero-order valence-electron chi connectivity index (χ0n) is 15.3. The van der Waals surface area contributed by atoms with E-state index in [1.54, 1.807) is 12.1 Å². The predicted molar refractivity (Wildman–Crippen MR) is 98.8 cm³/mol. The Kier molecular flexibility index (Phi) is 4.86. The molecular formula is C22H24F2N2. The van der Waals surface area contributed by atoms with Gasteiger partial charge in [-0.25, -0.2) is 8.78 Å². The molecule has 2 saturated carbocycles. The number of nitrogens with two attached hydrogens (primary N) is 1. The average molecular weight is 354 g/mol. The standard InChI is InChI=1S/C11H14FN.C11H10FN/c2*1-8-2-3-9(10(12)6-8)11(7-13)4-5-11/h2-3,6H,4-5,7,13H2,1H3;2-3,6H,4-5H2,1H3. The maximum atomic E-state index is 13.5. The van der Waals surface area contributed by atoms with E-state index in [0.29, 0.717) is 12.1 Å². The van der Waals surface area contributed by atoms with Gasteiger partial charge in [0, 0.05) is 17.5 Å². The van der Waals surface area contributed by atoms with E-state index in [1.165, 1.54) is 6.07 Å². The highest BCUT2D eigenvalue weighted by Gasteiger charge is 2.46. The van der Waals surface area contributed by atoms with Gasteiger partial charge in [-0.1, -0.05) is 24.3 Å². The fourth-order valence-electron chi connectivity index (χ4n) is 3.36. The van der Waals surface area contributed by atoms with Crippen molar-refractivity contribution >= 4 is 0 Å². The Bertz CT molecular complexity index is 859. The molecule has 0 aliphatic heterocycles. The molecular weight excluding hydrogens is 330 g/mol. The molecule has 0 atom stereocenters. The maximum absolute atomic E-state index is 13.5. The molecule has 2 N–H and O–H groups in total. The minimum absolute atomic E-state index is 0.0300. The quantitative estimate of drug-likeness (QED) is 0.859. The van der Waals surface area contributed by atoms with Crippen molar-refractivity contribution in [2.45, 2.75) is 50.4 Å². The Morgan fingerprint density at radius 1 is 0.923 bits per heavy atom. The lowest BCUT2D eigenvalue weighted by molar-refractivity contribution is 0.572. The fraction of sp³-hybridized carbons (Fsp3) is 0.409. The molecule has 4 heteroatoms. The summed E-state index contributed by atoms with van der Waals surface area (Å²) in [4.78, 5) is 0. The molecule has 2 aliphatic carbocycles. The molecule has 0 bridgehead atoms. The first kappa shape index (κ1) is 18.5. The predicted octanol–water partition coefficient (Wildman–Crippen LogP) is 4.81. The van der Waals surface area contributed by atoms with Gasteiger partial charge in [0.15, 0.2) is 0 Å². The molecule has 0 aromatic heterocycles. The lowest BCUT2D eigenvalue weighted by atomic mass is 9.95. The lowest BCUT2D eigenvalue weighted by Gasteiger charge is -2.13. The Hall–Kier alpha value is -2.25. The van der Waals surface area contributed by atoms with Crippen molar-refractivity contribution in [2.75, 3.05) is 6.54 Å². The normalized spacial score (nSPS) is 18.3. The SMILES string of the molecule is Cc1ccc(C2(C#N)CC2)c(F)c1.Cc1ccc(C2(CN)CC2)c(F)c1. The number of nitriles is 1. The van der Waals surface area contributed by atoms with Crippen LogP contribution in [0.1, 0.15) is 47.9 Å². The third kappa shape index (κ3) is 3.50. The Morgan fingerprint density at radius 2 is 1.42 bits per heavy atom. The summed E-state index contributed by atoms with van der Waals surface area (Å²) < 4.78 is 26.9. The zero-order chi connectivity index (χ0) is 18.9. The topological polar surface area (TPSA) is 49.8 Å². The summed E-state index contributed by atoms with van der Waals surface area (Å²) in [6.07, 6.45) is 3.65. The molecule has 26 heavy (non-hydrogen) atoms. The molecule has 2 aromatic rings. The van der Waals surface area contributed by atoms with Crippen LogP contribution >= 0.6 is 0 Å². The van der Waals surface area contributed by atoms with Crippen molar-refractivity contribution in [3.8, 4) is 6.07 Å². The third-order valence-corrected chi connectivity index (χ3v) is 5.54. The molecule has 4 rings (SSSR count). The van der Waals surface area contributed by atoms with Gasteiger partial charge < -0.3 is 5.73 Å². The minimum Gasteiger partial charge on any atom is -0.330 e. The summed E-state index contributed by atoms with van der Waals surface area (Å²) in [7, 11) is 0. The first-order chi connectivity index (χ1) is 12.4. The molecule has 2 aliphatic rings. The van der Waals surface area contributed by atoms with Crippen LogP contribution in [-0.2, 0) is 10.8 Å². The maximum Gasteiger partial charge on any atom is 0.128 e. The van der Waals surface area contributed by atoms with Gasteiger partial charge in [0.1, 0.15) is 11.6 Å². The van der Waals surface area contributed by atoms with E-state index in [4.69, 9.17) is 11.0 Å². The van der Waals surface area contributed by atoms with Crippen molar-refractivity contribution in [3.05, 3.63) is 70.3 Å². The van der Waals surface area contributed by atoms with Crippen molar-refractivity contribution < 1.29 is 8.78 Å². The van der Waals surface area contributed by atoms with Crippen molar-refractivity contribution in [1.82, 2.24) is 0 Å². The van der Waals surface area contributed by atoms with E-state index in [2.05, 4.69) is 6.07 Å². The van der Waals surface area contributed by atoms with Gasteiger partial charge in [-0.2, -0.15) is 5.26 Å². The molecule has 0 heterocycles. The fourth-order valence-corrected chi connectivity index (χ4v) is 3.36. The Morgan fingerprint density at radius 3 is 1.77 bits per heavy atom. The van der Waals surface area contributed by atoms with Crippen molar-refractivity contribution in [1.29, 1.82) is 5.26 Å². The van der Waals surface area contributed by atoms with E-state index < -0.39 is 5.41 Å². The van der Waals surface area contributed by atoms with Gasteiger partial charge in [0.2, 0.25) is 0 Å². The second kappa shape index (κ2) is 6.81. The van der Waals surface area contributed by atoms with Crippen LogP contribution in [0, 0.1) is 36.8 Å². The number of hydrogen-bond acceptors (Lipinski definition) is 2. The summed E-state index contributed by atoms with van der Waals surface area (Å²) in [6.45, 7) is 4.31. The van der Waals surface area contributed by atoms with Gasteiger partial charge in [-0.15, -0.1) is 0 Å². The summed E-state index contributed by atoms with van der Waals surface area (Å²) in [5.41, 5.74) is 8.35. The Balaban J connectivity index is 0.000000151. The first-order valence-electron chi connectivity index (χ1n) is 9.00. The molecule has 0 spiro atoms. The van der Waals surface area contributed by atoms with Crippen LogP contribution in [0.5, 0.6) is 0 Å². The zero-order valence-corrected chi connectivity index (χ0v) is 15.3. The van der Waals surface area contributed by atoms with Crippen LogP contribution < -0.4 is 5.73 Å². The Labute approximate surface area is 153 Å². The molecule has 0 saturated heterocycles. The summed E-state index contributed by atoms with van der Waals surface area (Å²) in [5, 5.41) is 8.89. The van der Waals surface area contributed by atoms with Gasteiger partial charge in [0.25, 0.3) is 0 Å². The molecule has 2 fully saturated rings. The largest absolute Gasteiger partial charge is 0.330 e. The number of halogens is 2. The molecule has 0 radical (unpaired) electrons. The highest BCUT2D eigenvalue weighted by Crippen LogP contribution is 2.49. The molecule has 0 unspecified atom stereocenters. The molecule has 136 valence electrons. The van der Waals surface area contributed by atoms with Crippen LogP contribution in [0.15, 0.2) is 36.4 Å². The van der Waals surface area contributed by atoms with Crippen molar-refractivity contribution in [3.63, 3.8) is 0 Å². The molecule has 2 aromatic carbocycles. The number of hydrogen-bond donors (Lipinski definition) is 1. The average Bonchev–Trinajstić information content (AvgIpc) is 3.51. The van der Waals surface area contributed by atoms with E-state index in [9.17, 15) is 8.78 Å². The number of aryl methyl sites for hydroxylation is 2. The highest BCUT2D eigenvalue weighted by atomic mass is 19.1. The van der Waals surface area contributed by atoms with Crippen LogP contribution in [-0.4, -0.2) is 6.54 Å². The van der Waals surface area contributed by atoms with Crippen LogP contribution in [0.4, 0.5) is 8.78 Å². The first-order valence-corrected chi connectivity index (χ1v) is 9.00. The smallest absolute Gasteiger partial charge is 0.128 e. The van der Waals surface area contributed by atoms with Crippen LogP contribution in [0.3, 0.4) is 0 Å². The summed E-state index contributed by atoms with van der Waals surface area (Å²) in [6, 6.07) is 12.7. The van der Waals surface area contributed by atoms with Crippen LogP contribution in [0.2, 0.25) is 0 Å². The second-order valence-electron chi connectivity index (χ2n) is 7.64. The van der Waals surface area contributed by atoms with E-state index in [1.807, 2.05) is 32.0 Å². The van der Waals surface area contributed by atoms with Gasteiger partial charge in [-0.05, 0) is 68.4 Å². The number of rotatable bonds is 3. The van der Waals surface area contributed by atoms with Gasteiger partial charge in [0.05, 0.1) is 11.5 Å². The van der Waals surface area contributed by atoms with E-state index in [-0.39, 0.29) is 17.0 Å². The van der Waals surface area contributed by atoms with Gasteiger partial charge in [-0.3, -0.25) is 0 Å². The summed E-state index contributed by atoms with van der Waals surface area (Å²) >= 11 is 0. The monoisotopic (exact) mass is 354 g/mol. The molecule has 0 amide bonds. The van der Waals surface area contributed by atoms with Crippen molar-refractivity contribution in [2.24, 2.45) is 5.73 Å². The third-order valence-electron chi connectivity index (χ3n) is 5.54. The second-order valence-corrected chi connectivity index (χ2v) is 7.64. The minimum atomic E-state index is -0.502.